The lowest BCUT2D eigenvalue weighted by molar-refractivity contribution is 0.108. The fourth-order valence-electron chi connectivity index (χ4n) is 2.23. The van der Waals surface area contributed by atoms with Gasteiger partial charge in [-0.05, 0) is 37.5 Å². The molecule has 1 N–H and O–H groups in total. The number of rotatable bonds is 5. The van der Waals surface area contributed by atoms with Crippen LogP contribution < -0.4 is 0 Å². The Labute approximate surface area is 93.1 Å². The lowest BCUT2D eigenvalue weighted by Crippen LogP contribution is -2.42. The largest absolute Gasteiger partial charge is 0.396 e. The molecule has 0 bridgehead atoms. The summed E-state index contributed by atoms with van der Waals surface area (Å²) in [7, 11) is 0. The lowest BCUT2D eigenvalue weighted by atomic mass is 9.98. The number of thiol groups is 1. The Morgan fingerprint density at radius 1 is 1.50 bits per heavy atom. The first-order chi connectivity index (χ1) is 6.77. The van der Waals surface area contributed by atoms with Gasteiger partial charge in [-0.2, -0.15) is 12.6 Å². The number of hydrogen-bond donors (Lipinski definition) is 2. The maximum absolute atomic E-state index is 8.99. The van der Waals surface area contributed by atoms with Crippen molar-refractivity contribution >= 4 is 12.6 Å². The molecule has 0 aromatic carbocycles. The smallest absolute Gasteiger partial charge is 0.0445 e. The summed E-state index contributed by atoms with van der Waals surface area (Å²) < 4.78 is 0. The Hall–Kier alpha value is 0.270. The normalized spacial score (nSPS) is 26.4. The van der Waals surface area contributed by atoms with E-state index < -0.39 is 0 Å². The molecule has 3 heteroatoms. The Balaban J connectivity index is 2.37. The summed E-state index contributed by atoms with van der Waals surface area (Å²) >= 11 is 4.32. The maximum Gasteiger partial charge on any atom is 0.0445 e. The van der Waals surface area contributed by atoms with Crippen LogP contribution in [0.2, 0.25) is 0 Å². The molecule has 14 heavy (non-hydrogen) atoms. The number of piperidine rings is 1. The molecule has 0 aromatic heterocycles. The second-order valence-corrected chi connectivity index (χ2v) is 4.81. The van der Waals surface area contributed by atoms with Gasteiger partial charge in [0.05, 0.1) is 0 Å². The fraction of sp³-hybridized carbons (Fsp3) is 1.00. The third kappa shape index (κ3) is 3.79. The van der Waals surface area contributed by atoms with Gasteiger partial charge in [0.2, 0.25) is 0 Å². The van der Waals surface area contributed by atoms with Crippen molar-refractivity contribution in [2.24, 2.45) is 5.92 Å². The second kappa shape index (κ2) is 6.70. The second-order valence-electron chi connectivity index (χ2n) is 4.44. The van der Waals surface area contributed by atoms with E-state index in [1.807, 2.05) is 0 Å². The molecule has 1 aliphatic rings. The van der Waals surface area contributed by atoms with E-state index in [9.17, 15) is 0 Å². The van der Waals surface area contributed by atoms with Crippen molar-refractivity contribution in [2.45, 2.75) is 38.6 Å². The van der Waals surface area contributed by atoms with E-state index in [-0.39, 0.29) is 0 Å². The van der Waals surface area contributed by atoms with Gasteiger partial charge in [-0.25, -0.2) is 0 Å². The molecule has 1 rings (SSSR count). The molecule has 0 aromatic rings. The highest BCUT2D eigenvalue weighted by Crippen LogP contribution is 2.20. The van der Waals surface area contributed by atoms with Gasteiger partial charge in [0.1, 0.15) is 0 Å². The van der Waals surface area contributed by atoms with Crippen molar-refractivity contribution in [3.05, 3.63) is 0 Å². The van der Waals surface area contributed by atoms with Crippen molar-refractivity contribution in [1.82, 2.24) is 4.90 Å². The van der Waals surface area contributed by atoms with Gasteiger partial charge >= 0.3 is 0 Å². The van der Waals surface area contributed by atoms with Gasteiger partial charge in [0.15, 0.2) is 0 Å². The minimum absolute atomic E-state index is 0.330. The van der Waals surface area contributed by atoms with Gasteiger partial charge in [-0.15, -0.1) is 0 Å². The van der Waals surface area contributed by atoms with Crippen LogP contribution in [0.5, 0.6) is 0 Å². The Bertz CT molecular complexity index is 152. The summed E-state index contributed by atoms with van der Waals surface area (Å²) in [5.41, 5.74) is 0. The molecule has 1 heterocycles. The van der Waals surface area contributed by atoms with Crippen LogP contribution in [0.4, 0.5) is 0 Å². The molecule has 0 amide bonds. The van der Waals surface area contributed by atoms with E-state index >= 15 is 0 Å². The highest BCUT2D eigenvalue weighted by molar-refractivity contribution is 7.80. The minimum atomic E-state index is 0.330. The van der Waals surface area contributed by atoms with Crippen molar-refractivity contribution in [3.8, 4) is 0 Å². The monoisotopic (exact) mass is 217 g/mol. The molecular formula is C11H23NOS. The van der Waals surface area contributed by atoms with E-state index in [0.29, 0.717) is 18.6 Å². The first-order valence-corrected chi connectivity index (χ1v) is 6.37. The summed E-state index contributed by atoms with van der Waals surface area (Å²) in [5.74, 6) is 1.63. The van der Waals surface area contributed by atoms with Crippen molar-refractivity contribution in [1.29, 1.82) is 0 Å². The summed E-state index contributed by atoms with van der Waals surface area (Å²) in [6, 6.07) is 0.621. The van der Waals surface area contributed by atoms with E-state index in [4.69, 9.17) is 5.11 Å². The van der Waals surface area contributed by atoms with Gasteiger partial charge in [-0.1, -0.05) is 13.3 Å². The number of likely N-dealkylation sites (tertiary alicyclic amines) is 1. The van der Waals surface area contributed by atoms with Crippen molar-refractivity contribution in [2.75, 3.05) is 25.4 Å². The van der Waals surface area contributed by atoms with E-state index in [2.05, 4.69) is 24.5 Å². The zero-order valence-electron chi connectivity index (χ0n) is 9.15. The molecule has 0 spiro atoms. The van der Waals surface area contributed by atoms with Crippen LogP contribution in [-0.2, 0) is 0 Å². The Morgan fingerprint density at radius 3 is 2.93 bits per heavy atom. The topological polar surface area (TPSA) is 23.5 Å². The highest BCUT2D eigenvalue weighted by Gasteiger charge is 2.22. The molecule has 2 atom stereocenters. The Kier molecular flexibility index (Phi) is 5.90. The Morgan fingerprint density at radius 2 is 2.29 bits per heavy atom. The predicted molar refractivity (Wildman–Crippen MR) is 63.9 cm³/mol. The standard InChI is InChI=1S/C11H23NOS/c1-10(9-14)8-12-6-3-2-4-11(12)5-7-13/h10-11,13-14H,2-9H2,1H3. The van der Waals surface area contributed by atoms with Crippen LogP contribution in [-0.4, -0.2) is 41.5 Å². The van der Waals surface area contributed by atoms with Crippen LogP contribution in [0.3, 0.4) is 0 Å². The van der Waals surface area contributed by atoms with Gasteiger partial charge in [0, 0.05) is 19.2 Å². The quantitative estimate of drug-likeness (QED) is 0.686. The zero-order chi connectivity index (χ0) is 10.4. The zero-order valence-corrected chi connectivity index (χ0v) is 10.0. The molecule has 84 valence electrons. The number of hydrogen-bond acceptors (Lipinski definition) is 3. The van der Waals surface area contributed by atoms with Gasteiger partial charge < -0.3 is 10.0 Å². The van der Waals surface area contributed by atoms with E-state index in [0.717, 1.165) is 18.7 Å². The molecule has 1 fully saturated rings. The van der Waals surface area contributed by atoms with E-state index in [1.165, 1.54) is 25.8 Å². The lowest BCUT2D eigenvalue weighted by Gasteiger charge is -2.36. The van der Waals surface area contributed by atoms with Crippen LogP contribution in [0.1, 0.15) is 32.6 Å². The predicted octanol–water partition coefficient (Wildman–Crippen LogP) is 1.79. The molecule has 0 saturated carbocycles. The first-order valence-electron chi connectivity index (χ1n) is 5.73. The van der Waals surface area contributed by atoms with Gasteiger partial charge in [0.25, 0.3) is 0 Å². The van der Waals surface area contributed by atoms with Crippen LogP contribution in [0, 0.1) is 5.92 Å². The maximum atomic E-state index is 8.99. The van der Waals surface area contributed by atoms with Crippen LogP contribution in [0.25, 0.3) is 0 Å². The third-order valence-electron chi connectivity index (χ3n) is 3.07. The van der Waals surface area contributed by atoms with E-state index in [1.54, 1.807) is 0 Å². The van der Waals surface area contributed by atoms with Crippen molar-refractivity contribution in [3.63, 3.8) is 0 Å². The fourth-order valence-corrected chi connectivity index (χ4v) is 2.35. The third-order valence-corrected chi connectivity index (χ3v) is 3.69. The minimum Gasteiger partial charge on any atom is -0.396 e. The van der Waals surface area contributed by atoms with Crippen molar-refractivity contribution < 1.29 is 5.11 Å². The molecule has 1 aliphatic heterocycles. The average Bonchev–Trinajstić information content (AvgIpc) is 2.21. The number of nitrogens with zero attached hydrogens (tertiary/aromatic N) is 1. The molecular weight excluding hydrogens is 194 g/mol. The molecule has 2 unspecified atom stereocenters. The molecule has 2 nitrogen and oxygen atoms in total. The molecule has 0 aliphatic carbocycles. The highest BCUT2D eigenvalue weighted by atomic mass is 32.1. The summed E-state index contributed by atoms with van der Waals surface area (Å²) in [5, 5.41) is 8.99. The van der Waals surface area contributed by atoms with Crippen LogP contribution >= 0.6 is 12.6 Å². The summed E-state index contributed by atoms with van der Waals surface area (Å²) in [6.07, 6.45) is 4.86. The number of aliphatic hydroxyl groups is 1. The van der Waals surface area contributed by atoms with Crippen LogP contribution in [0.15, 0.2) is 0 Å². The summed E-state index contributed by atoms with van der Waals surface area (Å²) in [4.78, 5) is 2.54. The average molecular weight is 217 g/mol. The first kappa shape index (κ1) is 12.3. The number of aliphatic hydroxyl groups excluding tert-OH is 1. The summed E-state index contributed by atoms with van der Waals surface area (Å²) in [6.45, 7) is 4.94. The molecule has 0 radical (unpaired) electrons. The SMILES string of the molecule is CC(CS)CN1CCCCC1CCO. The van der Waals surface area contributed by atoms with Gasteiger partial charge in [-0.3, -0.25) is 0 Å². The molecule has 1 saturated heterocycles.